The van der Waals surface area contributed by atoms with Crippen LogP contribution in [0.15, 0.2) is 12.3 Å². The van der Waals surface area contributed by atoms with E-state index in [2.05, 4.69) is 18.8 Å². The Bertz CT molecular complexity index is 328. The third-order valence-electron chi connectivity index (χ3n) is 2.29. The van der Waals surface area contributed by atoms with Crippen LogP contribution in [-0.4, -0.2) is 10.1 Å². The Morgan fingerprint density at radius 1 is 1.47 bits per heavy atom. The van der Waals surface area contributed by atoms with E-state index in [0.29, 0.717) is 28.7 Å². The summed E-state index contributed by atoms with van der Waals surface area (Å²) in [7, 11) is 0. The van der Waals surface area contributed by atoms with Gasteiger partial charge < -0.3 is 10.8 Å². The molecule has 0 spiro atoms. The molecule has 1 rings (SSSR count). The van der Waals surface area contributed by atoms with Gasteiger partial charge in [0.15, 0.2) is 0 Å². The molecule has 15 heavy (non-hydrogen) atoms. The van der Waals surface area contributed by atoms with E-state index >= 15 is 0 Å². The normalized spacial score (nSPS) is 13.1. The van der Waals surface area contributed by atoms with E-state index in [-0.39, 0.29) is 0 Å². The molecular weight excluding hydrogens is 212 g/mol. The van der Waals surface area contributed by atoms with Gasteiger partial charge in [-0.1, -0.05) is 25.4 Å². The lowest BCUT2D eigenvalue weighted by Crippen LogP contribution is -2.05. The first-order valence-electron chi connectivity index (χ1n) is 5.09. The molecular formula is C11H17ClN2O. The molecule has 0 bridgehead atoms. The molecule has 1 aromatic rings. The number of aromatic nitrogens is 1. The molecule has 0 radical (unpaired) electrons. The van der Waals surface area contributed by atoms with Crippen molar-refractivity contribution in [2.45, 2.75) is 32.8 Å². The highest BCUT2D eigenvalue weighted by Gasteiger charge is 2.13. The van der Waals surface area contributed by atoms with E-state index < -0.39 is 6.10 Å². The zero-order valence-corrected chi connectivity index (χ0v) is 9.83. The smallest absolute Gasteiger partial charge is 0.129 e. The molecule has 0 saturated carbocycles. The average molecular weight is 229 g/mol. The highest BCUT2D eigenvalue weighted by atomic mass is 35.5. The van der Waals surface area contributed by atoms with Crippen molar-refractivity contribution < 1.29 is 5.11 Å². The second-order valence-corrected chi connectivity index (χ2v) is 4.55. The number of anilines is 1. The van der Waals surface area contributed by atoms with Crippen molar-refractivity contribution in [1.82, 2.24) is 4.98 Å². The lowest BCUT2D eigenvalue weighted by atomic mass is 10.0. The molecule has 0 amide bonds. The molecule has 0 aliphatic rings. The topological polar surface area (TPSA) is 59.1 Å². The molecule has 0 aromatic carbocycles. The predicted octanol–water partition coefficient (Wildman–Crippen LogP) is 2.79. The molecule has 1 aromatic heterocycles. The van der Waals surface area contributed by atoms with Crippen LogP contribution >= 0.6 is 11.6 Å². The molecule has 3 N–H and O–H groups in total. The largest absolute Gasteiger partial charge is 0.388 e. The summed E-state index contributed by atoms with van der Waals surface area (Å²) in [6, 6.07) is 1.68. The van der Waals surface area contributed by atoms with Gasteiger partial charge in [0, 0.05) is 11.8 Å². The summed E-state index contributed by atoms with van der Waals surface area (Å²) in [5, 5.41) is 10.4. The van der Waals surface area contributed by atoms with Crippen molar-refractivity contribution >= 4 is 17.4 Å². The van der Waals surface area contributed by atoms with E-state index in [0.717, 1.165) is 6.42 Å². The average Bonchev–Trinajstić information content (AvgIpc) is 2.18. The SMILES string of the molecule is CC(C)CCC(O)c1cc(Cl)cnc1N. The lowest BCUT2D eigenvalue weighted by molar-refractivity contribution is 0.159. The lowest BCUT2D eigenvalue weighted by Gasteiger charge is -2.14. The fourth-order valence-corrected chi connectivity index (χ4v) is 1.55. The Labute approximate surface area is 95.3 Å². The first-order valence-corrected chi connectivity index (χ1v) is 5.47. The number of hydrogen-bond acceptors (Lipinski definition) is 3. The van der Waals surface area contributed by atoms with Crippen molar-refractivity contribution in [3.63, 3.8) is 0 Å². The minimum absolute atomic E-state index is 0.357. The van der Waals surface area contributed by atoms with E-state index in [4.69, 9.17) is 17.3 Å². The maximum atomic E-state index is 9.90. The van der Waals surface area contributed by atoms with Gasteiger partial charge in [0.2, 0.25) is 0 Å². The zero-order chi connectivity index (χ0) is 11.4. The monoisotopic (exact) mass is 228 g/mol. The van der Waals surface area contributed by atoms with Gasteiger partial charge in [-0.25, -0.2) is 4.98 Å². The third kappa shape index (κ3) is 3.68. The molecule has 0 aliphatic carbocycles. The highest BCUT2D eigenvalue weighted by molar-refractivity contribution is 6.30. The van der Waals surface area contributed by atoms with Gasteiger partial charge in [0.05, 0.1) is 11.1 Å². The van der Waals surface area contributed by atoms with Crippen LogP contribution in [-0.2, 0) is 0 Å². The fourth-order valence-electron chi connectivity index (χ4n) is 1.38. The quantitative estimate of drug-likeness (QED) is 0.833. The number of nitrogens with two attached hydrogens (primary N) is 1. The molecule has 3 nitrogen and oxygen atoms in total. The Morgan fingerprint density at radius 2 is 2.13 bits per heavy atom. The van der Waals surface area contributed by atoms with Crippen LogP contribution in [0, 0.1) is 5.92 Å². The Morgan fingerprint density at radius 3 is 2.73 bits per heavy atom. The summed E-state index contributed by atoms with van der Waals surface area (Å²) < 4.78 is 0. The van der Waals surface area contributed by atoms with Gasteiger partial charge in [-0.05, 0) is 24.8 Å². The second kappa shape index (κ2) is 5.33. The van der Waals surface area contributed by atoms with E-state index in [1.54, 1.807) is 6.07 Å². The number of halogens is 1. The number of nitrogen functional groups attached to an aromatic ring is 1. The van der Waals surface area contributed by atoms with Crippen molar-refractivity contribution in [2.75, 3.05) is 5.73 Å². The van der Waals surface area contributed by atoms with Gasteiger partial charge in [0.1, 0.15) is 5.82 Å². The van der Waals surface area contributed by atoms with Gasteiger partial charge in [0.25, 0.3) is 0 Å². The van der Waals surface area contributed by atoms with E-state index in [1.807, 2.05) is 0 Å². The van der Waals surface area contributed by atoms with Crippen molar-refractivity contribution in [2.24, 2.45) is 5.92 Å². The summed E-state index contributed by atoms with van der Waals surface area (Å²) in [4.78, 5) is 3.91. The van der Waals surface area contributed by atoms with Gasteiger partial charge >= 0.3 is 0 Å². The van der Waals surface area contributed by atoms with Gasteiger partial charge in [-0.3, -0.25) is 0 Å². The zero-order valence-electron chi connectivity index (χ0n) is 9.07. The number of pyridine rings is 1. The molecule has 0 saturated heterocycles. The number of rotatable bonds is 4. The first kappa shape index (κ1) is 12.3. The van der Waals surface area contributed by atoms with Crippen molar-refractivity contribution in [3.05, 3.63) is 22.8 Å². The van der Waals surface area contributed by atoms with Crippen LogP contribution in [0.5, 0.6) is 0 Å². The van der Waals surface area contributed by atoms with Crippen LogP contribution in [0.3, 0.4) is 0 Å². The number of aliphatic hydroxyl groups excluding tert-OH is 1. The summed E-state index contributed by atoms with van der Waals surface area (Å²) in [6.45, 7) is 4.23. The van der Waals surface area contributed by atoms with Crippen LogP contribution in [0.1, 0.15) is 38.4 Å². The maximum absolute atomic E-state index is 9.90. The minimum Gasteiger partial charge on any atom is -0.388 e. The molecule has 84 valence electrons. The standard InChI is InChI=1S/C11H17ClN2O/c1-7(2)3-4-10(15)9-5-8(12)6-14-11(9)13/h5-7,10,15H,3-4H2,1-2H3,(H2,13,14). The van der Waals surface area contributed by atoms with Crippen LogP contribution in [0.4, 0.5) is 5.82 Å². The van der Waals surface area contributed by atoms with E-state index in [9.17, 15) is 5.11 Å². The Balaban J connectivity index is 2.72. The third-order valence-corrected chi connectivity index (χ3v) is 2.50. The number of hydrogen-bond donors (Lipinski definition) is 2. The molecule has 0 aliphatic heterocycles. The Kier molecular flexibility index (Phi) is 4.36. The maximum Gasteiger partial charge on any atom is 0.129 e. The van der Waals surface area contributed by atoms with Crippen molar-refractivity contribution in [1.29, 1.82) is 0 Å². The van der Waals surface area contributed by atoms with E-state index in [1.165, 1.54) is 6.20 Å². The summed E-state index contributed by atoms with van der Waals surface area (Å²) >= 11 is 5.79. The molecule has 1 heterocycles. The first-order chi connectivity index (χ1) is 7.00. The molecule has 4 heteroatoms. The Hall–Kier alpha value is -0.800. The van der Waals surface area contributed by atoms with Crippen molar-refractivity contribution in [3.8, 4) is 0 Å². The minimum atomic E-state index is -0.571. The van der Waals surface area contributed by atoms with Crippen LogP contribution < -0.4 is 5.73 Å². The van der Waals surface area contributed by atoms with Crippen LogP contribution in [0.2, 0.25) is 5.02 Å². The molecule has 0 fully saturated rings. The van der Waals surface area contributed by atoms with Gasteiger partial charge in [-0.15, -0.1) is 0 Å². The molecule has 1 unspecified atom stereocenters. The van der Waals surface area contributed by atoms with Crippen LogP contribution in [0.25, 0.3) is 0 Å². The molecule has 1 atom stereocenters. The number of aliphatic hydroxyl groups is 1. The highest BCUT2D eigenvalue weighted by Crippen LogP contribution is 2.26. The predicted molar refractivity (Wildman–Crippen MR) is 62.7 cm³/mol. The summed E-state index contributed by atoms with van der Waals surface area (Å²) in [5.74, 6) is 0.920. The van der Waals surface area contributed by atoms with Gasteiger partial charge in [-0.2, -0.15) is 0 Å². The fraction of sp³-hybridized carbons (Fsp3) is 0.545. The second-order valence-electron chi connectivity index (χ2n) is 4.11. The summed E-state index contributed by atoms with van der Waals surface area (Å²) in [6.07, 6.45) is 2.55. The number of nitrogens with zero attached hydrogens (tertiary/aromatic N) is 1. The summed E-state index contributed by atoms with van der Waals surface area (Å²) in [5.41, 5.74) is 6.29.